The van der Waals surface area contributed by atoms with Gasteiger partial charge >= 0.3 is 0 Å². The Morgan fingerprint density at radius 3 is 2.74 bits per heavy atom. The second kappa shape index (κ2) is 9.48. The van der Waals surface area contributed by atoms with E-state index in [0.29, 0.717) is 6.61 Å². The number of halogens is 1. The van der Waals surface area contributed by atoms with Crippen molar-refractivity contribution in [2.75, 3.05) is 33.8 Å². The average Bonchev–Trinajstić information content (AvgIpc) is 2.36. The normalized spacial score (nSPS) is 11.2. The highest BCUT2D eigenvalue weighted by molar-refractivity contribution is 9.10. The Bertz CT molecular complexity index is 369. The van der Waals surface area contributed by atoms with Gasteiger partial charge in [-0.05, 0) is 44.3 Å². The molecule has 3 nitrogen and oxygen atoms in total. The van der Waals surface area contributed by atoms with Crippen LogP contribution in [0, 0.1) is 0 Å². The van der Waals surface area contributed by atoms with Crippen LogP contribution >= 0.6 is 15.9 Å². The Hall–Kier alpha value is -0.420. The molecule has 1 rings (SSSR count). The quantitative estimate of drug-likeness (QED) is 0.705. The molecule has 0 aliphatic rings. The average molecular weight is 329 g/mol. The first-order chi connectivity index (χ1) is 9.13. The fraction of sp³-hybridized carbons (Fsp3) is 0.600. The van der Waals surface area contributed by atoms with Gasteiger partial charge in [-0.15, -0.1) is 0 Å². The zero-order valence-electron chi connectivity index (χ0n) is 12.2. The molecule has 1 aromatic rings. The smallest absolute Gasteiger partial charge is 0.0728 e. The second-order valence-electron chi connectivity index (χ2n) is 4.96. The molecule has 0 bridgehead atoms. The molecule has 0 saturated carbocycles. The van der Waals surface area contributed by atoms with Crippen molar-refractivity contribution >= 4 is 15.9 Å². The molecule has 0 atom stereocenters. The Kier molecular flexibility index (Phi) is 8.30. The van der Waals surface area contributed by atoms with Crippen LogP contribution < -0.4 is 5.32 Å². The van der Waals surface area contributed by atoms with Crippen LogP contribution in [0.15, 0.2) is 22.7 Å². The van der Waals surface area contributed by atoms with E-state index in [4.69, 9.17) is 4.74 Å². The van der Waals surface area contributed by atoms with Gasteiger partial charge < -0.3 is 15.0 Å². The van der Waals surface area contributed by atoms with Gasteiger partial charge in [0.25, 0.3) is 0 Å². The van der Waals surface area contributed by atoms with E-state index >= 15 is 0 Å². The van der Waals surface area contributed by atoms with Crippen LogP contribution in [0.1, 0.15) is 24.5 Å². The molecule has 0 aliphatic carbocycles. The van der Waals surface area contributed by atoms with Crippen LogP contribution in [0.3, 0.4) is 0 Å². The van der Waals surface area contributed by atoms with E-state index in [2.05, 4.69) is 65.4 Å². The second-order valence-corrected chi connectivity index (χ2v) is 5.81. The van der Waals surface area contributed by atoms with Crippen molar-refractivity contribution in [1.82, 2.24) is 10.2 Å². The molecule has 0 unspecified atom stereocenters. The summed E-state index contributed by atoms with van der Waals surface area (Å²) < 4.78 is 6.80. The van der Waals surface area contributed by atoms with Gasteiger partial charge in [-0.1, -0.05) is 35.0 Å². The van der Waals surface area contributed by atoms with Gasteiger partial charge in [-0.3, -0.25) is 0 Å². The van der Waals surface area contributed by atoms with Crippen molar-refractivity contribution in [3.05, 3.63) is 33.8 Å². The highest BCUT2D eigenvalue weighted by atomic mass is 79.9. The third-order valence-electron chi connectivity index (χ3n) is 2.81. The molecule has 0 aromatic heterocycles. The Morgan fingerprint density at radius 1 is 1.32 bits per heavy atom. The van der Waals surface area contributed by atoms with Gasteiger partial charge in [-0.25, -0.2) is 0 Å². The third-order valence-corrected chi connectivity index (χ3v) is 3.55. The number of nitrogens with zero attached hydrogens (tertiary/aromatic N) is 1. The van der Waals surface area contributed by atoms with E-state index in [-0.39, 0.29) is 0 Å². The number of likely N-dealkylation sites (N-methyl/N-ethyl adjacent to an activating group) is 1. The lowest BCUT2D eigenvalue weighted by Gasteiger charge is -2.11. The molecule has 19 heavy (non-hydrogen) atoms. The molecule has 1 N–H and O–H groups in total. The molecule has 1 aromatic carbocycles. The lowest BCUT2D eigenvalue weighted by Crippen LogP contribution is -2.18. The monoisotopic (exact) mass is 328 g/mol. The van der Waals surface area contributed by atoms with Crippen molar-refractivity contribution in [2.45, 2.75) is 26.5 Å². The predicted octanol–water partition coefficient (Wildman–Crippen LogP) is 3.03. The fourth-order valence-electron chi connectivity index (χ4n) is 1.66. The molecule has 0 amide bonds. The van der Waals surface area contributed by atoms with Crippen molar-refractivity contribution in [1.29, 1.82) is 0 Å². The Balaban J connectivity index is 2.39. The highest BCUT2D eigenvalue weighted by Crippen LogP contribution is 2.19. The van der Waals surface area contributed by atoms with E-state index < -0.39 is 0 Å². The van der Waals surface area contributed by atoms with Crippen LogP contribution in [0.5, 0.6) is 0 Å². The minimum Gasteiger partial charge on any atom is -0.375 e. The van der Waals surface area contributed by atoms with E-state index in [1.165, 1.54) is 17.5 Å². The molecule has 0 heterocycles. The largest absolute Gasteiger partial charge is 0.375 e. The Morgan fingerprint density at radius 2 is 2.11 bits per heavy atom. The van der Waals surface area contributed by atoms with Gasteiger partial charge in [0.1, 0.15) is 0 Å². The van der Waals surface area contributed by atoms with Gasteiger partial charge in [0.2, 0.25) is 0 Å². The summed E-state index contributed by atoms with van der Waals surface area (Å²) in [6.45, 7) is 6.55. The number of ether oxygens (including phenoxy) is 1. The van der Waals surface area contributed by atoms with Crippen molar-refractivity contribution in [2.24, 2.45) is 0 Å². The van der Waals surface area contributed by atoms with Crippen LogP contribution in [-0.4, -0.2) is 38.7 Å². The summed E-state index contributed by atoms with van der Waals surface area (Å²) in [5.74, 6) is 0. The standard InChI is InChI=1S/C15H25BrN2O/c1-4-7-17-11-13-5-6-14(15(16)10-13)12-19-9-8-18(2)3/h5-6,10,17H,4,7-9,11-12H2,1-3H3. The van der Waals surface area contributed by atoms with Gasteiger partial charge in [0.15, 0.2) is 0 Å². The summed E-state index contributed by atoms with van der Waals surface area (Å²) in [5.41, 5.74) is 2.51. The number of benzene rings is 1. The van der Waals surface area contributed by atoms with Crippen molar-refractivity contribution in [3.8, 4) is 0 Å². The lowest BCUT2D eigenvalue weighted by atomic mass is 10.1. The van der Waals surface area contributed by atoms with Gasteiger partial charge in [-0.2, -0.15) is 0 Å². The summed E-state index contributed by atoms with van der Waals surface area (Å²) in [7, 11) is 4.11. The summed E-state index contributed by atoms with van der Waals surface area (Å²) >= 11 is 3.62. The first-order valence-electron chi connectivity index (χ1n) is 6.84. The van der Waals surface area contributed by atoms with E-state index in [1.54, 1.807) is 0 Å². The van der Waals surface area contributed by atoms with E-state index in [0.717, 1.165) is 30.7 Å². The number of nitrogens with one attached hydrogen (secondary N) is 1. The molecule has 0 aliphatic heterocycles. The first kappa shape index (κ1) is 16.6. The molecule has 0 radical (unpaired) electrons. The maximum Gasteiger partial charge on any atom is 0.0728 e. The number of rotatable bonds is 9. The van der Waals surface area contributed by atoms with Crippen molar-refractivity contribution < 1.29 is 4.74 Å². The minimum atomic E-state index is 0.664. The minimum absolute atomic E-state index is 0.664. The van der Waals surface area contributed by atoms with Crippen LogP contribution in [0.2, 0.25) is 0 Å². The zero-order chi connectivity index (χ0) is 14.1. The number of hydrogen-bond acceptors (Lipinski definition) is 3. The summed E-state index contributed by atoms with van der Waals surface area (Å²) in [6.07, 6.45) is 1.17. The SMILES string of the molecule is CCCNCc1ccc(COCCN(C)C)c(Br)c1. The Labute approximate surface area is 125 Å². The van der Waals surface area contributed by atoms with E-state index in [9.17, 15) is 0 Å². The van der Waals surface area contributed by atoms with Crippen LogP contribution in [-0.2, 0) is 17.9 Å². The zero-order valence-corrected chi connectivity index (χ0v) is 13.8. The number of hydrogen-bond donors (Lipinski definition) is 1. The molecule has 108 valence electrons. The summed E-state index contributed by atoms with van der Waals surface area (Å²) in [5, 5.41) is 3.41. The molecular weight excluding hydrogens is 304 g/mol. The van der Waals surface area contributed by atoms with Gasteiger partial charge in [0, 0.05) is 17.6 Å². The predicted molar refractivity (Wildman–Crippen MR) is 84.3 cm³/mol. The highest BCUT2D eigenvalue weighted by Gasteiger charge is 2.02. The van der Waals surface area contributed by atoms with E-state index in [1.807, 2.05) is 0 Å². The molecular formula is C15H25BrN2O. The fourth-order valence-corrected chi connectivity index (χ4v) is 2.20. The van der Waals surface area contributed by atoms with Crippen molar-refractivity contribution in [3.63, 3.8) is 0 Å². The maximum atomic E-state index is 5.66. The summed E-state index contributed by atoms with van der Waals surface area (Å²) in [4.78, 5) is 2.12. The molecule has 4 heteroatoms. The van der Waals surface area contributed by atoms with Crippen LogP contribution in [0.4, 0.5) is 0 Å². The molecule has 0 spiro atoms. The van der Waals surface area contributed by atoms with Crippen LogP contribution in [0.25, 0.3) is 0 Å². The maximum absolute atomic E-state index is 5.66. The molecule has 0 saturated heterocycles. The summed E-state index contributed by atoms with van der Waals surface area (Å²) in [6, 6.07) is 6.48. The first-order valence-corrected chi connectivity index (χ1v) is 7.63. The topological polar surface area (TPSA) is 24.5 Å². The molecule has 0 fully saturated rings. The van der Waals surface area contributed by atoms with Gasteiger partial charge in [0.05, 0.1) is 13.2 Å². The third kappa shape index (κ3) is 7.06. The lowest BCUT2D eigenvalue weighted by molar-refractivity contribution is 0.105.